The molecule has 1 fully saturated rings. The van der Waals surface area contributed by atoms with Crippen LogP contribution in [0.2, 0.25) is 0 Å². The number of rotatable bonds is 7. The third kappa shape index (κ3) is 5.41. The minimum Gasteiger partial charge on any atom is -0.350 e. The Balaban J connectivity index is 1.47. The second-order valence-electron chi connectivity index (χ2n) is 6.69. The second kappa shape index (κ2) is 9.50. The van der Waals surface area contributed by atoms with E-state index in [1.54, 1.807) is 11.0 Å². The first-order chi connectivity index (χ1) is 12.7. The Labute approximate surface area is 158 Å². The summed E-state index contributed by atoms with van der Waals surface area (Å²) in [6.07, 6.45) is 3.95. The van der Waals surface area contributed by atoms with Crippen molar-refractivity contribution in [3.05, 3.63) is 57.8 Å². The van der Waals surface area contributed by atoms with Gasteiger partial charge in [0.15, 0.2) is 0 Å². The summed E-state index contributed by atoms with van der Waals surface area (Å²) in [5.41, 5.74) is 2.45. The lowest BCUT2D eigenvalue weighted by atomic mass is 10.0. The molecule has 0 atom stereocenters. The number of carbonyl (C=O) groups is 2. The first-order valence-electron chi connectivity index (χ1n) is 9.21. The lowest BCUT2D eigenvalue weighted by Crippen LogP contribution is -3.11. The summed E-state index contributed by atoms with van der Waals surface area (Å²) in [5, 5.41) is 7.42. The SMILES string of the molecule is O=C(CNC(=O)c1cccs1)NCc1ccccc1C[NH+]1CCCCC1. The van der Waals surface area contributed by atoms with Gasteiger partial charge in [0.25, 0.3) is 5.91 Å². The van der Waals surface area contributed by atoms with Crippen LogP contribution in [0.5, 0.6) is 0 Å². The molecular weight excluding hydrogens is 346 g/mol. The summed E-state index contributed by atoms with van der Waals surface area (Å²) in [7, 11) is 0. The third-order valence-electron chi connectivity index (χ3n) is 4.75. The van der Waals surface area contributed by atoms with E-state index in [1.165, 1.54) is 49.3 Å². The fourth-order valence-corrected chi connectivity index (χ4v) is 3.95. The quantitative estimate of drug-likeness (QED) is 0.687. The minimum atomic E-state index is -0.204. The number of likely N-dealkylation sites (tertiary alicyclic amines) is 1. The van der Waals surface area contributed by atoms with Gasteiger partial charge in [-0.15, -0.1) is 11.3 Å². The Morgan fingerprint density at radius 2 is 1.73 bits per heavy atom. The van der Waals surface area contributed by atoms with Crippen molar-refractivity contribution in [2.24, 2.45) is 0 Å². The third-order valence-corrected chi connectivity index (χ3v) is 5.62. The highest BCUT2D eigenvalue weighted by Gasteiger charge is 2.16. The van der Waals surface area contributed by atoms with Crippen molar-refractivity contribution in [2.75, 3.05) is 19.6 Å². The van der Waals surface area contributed by atoms with E-state index in [0.717, 1.165) is 12.1 Å². The van der Waals surface area contributed by atoms with Crippen molar-refractivity contribution in [1.82, 2.24) is 10.6 Å². The van der Waals surface area contributed by atoms with E-state index < -0.39 is 0 Å². The molecule has 0 unspecified atom stereocenters. The average Bonchev–Trinajstić information content (AvgIpc) is 3.21. The fourth-order valence-electron chi connectivity index (χ4n) is 3.31. The van der Waals surface area contributed by atoms with Gasteiger partial charge in [-0.2, -0.15) is 0 Å². The molecule has 0 spiro atoms. The number of benzene rings is 1. The number of carbonyl (C=O) groups excluding carboxylic acids is 2. The summed E-state index contributed by atoms with van der Waals surface area (Å²) < 4.78 is 0. The van der Waals surface area contributed by atoms with Gasteiger partial charge in [0.1, 0.15) is 6.54 Å². The highest BCUT2D eigenvalue weighted by atomic mass is 32.1. The molecule has 2 amide bonds. The topological polar surface area (TPSA) is 62.6 Å². The second-order valence-corrected chi connectivity index (χ2v) is 7.64. The van der Waals surface area contributed by atoms with Crippen LogP contribution in [0.25, 0.3) is 0 Å². The van der Waals surface area contributed by atoms with Crippen LogP contribution in [0.1, 0.15) is 40.1 Å². The number of hydrogen-bond donors (Lipinski definition) is 3. The standard InChI is InChI=1S/C20H25N3O2S/c24-19(14-22-20(25)18-9-6-12-26-18)21-13-16-7-2-3-8-17(16)15-23-10-4-1-5-11-23/h2-3,6-9,12H,1,4-5,10-11,13-15H2,(H,21,24)(H,22,25)/p+1. The molecule has 5 nitrogen and oxygen atoms in total. The number of quaternary nitrogens is 1. The Kier molecular flexibility index (Phi) is 6.80. The molecule has 2 heterocycles. The van der Waals surface area contributed by atoms with Crippen molar-refractivity contribution in [3.8, 4) is 0 Å². The highest BCUT2D eigenvalue weighted by molar-refractivity contribution is 7.12. The van der Waals surface area contributed by atoms with E-state index in [0.29, 0.717) is 11.4 Å². The number of nitrogens with one attached hydrogen (secondary N) is 3. The van der Waals surface area contributed by atoms with Gasteiger partial charge in [0.05, 0.1) is 24.5 Å². The minimum absolute atomic E-state index is 0.00370. The molecule has 3 rings (SSSR count). The van der Waals surface area contributed by atoms with Crippen LogP contribution in [0.3, 0.4) is 0 Å². The van der Waals surface area contributed by atoms with E-state index in [1.807, 2.05) is 17.5 Å². The maximum Gasteiger partial charge on any atom is 0.261 e. The summed E-state index contributed by atoms with van der Waals surface area (Å²) in [4.78, 5) is 26.2. The van der Waals surface area contributed by atoms with Gasteiger partial charge in [-0.1, -0.05) is 30.3 Å². The summed E-state index contributed by atoms with van der Waals surface area (Å²) in [5.74, 6) is -0.376. The van der Waals surface area contributed by atoms with Gasteiger partial charge >= 0.3 is 0 Å². The Bertz CT molecular complexity index is 724. The number of amides is 2. The molecule has 3 N–H and O–H groups in total. The lowest BCUT2D eigenvalue weighted by molar-refractivity contribution is -0.918. The van der Waals surface area contributed by atoms with Gasteiger partial charge in [0.2, 0.25) is 5.91 Å². The number of piperidine rings is 1. The summed E-state index contributed by atoms with van der Waals surface area (Å²) in [6, 6.07) is 11.9. The maximum atomic E-state index is 12.1. The van der Waals surface area contributed by atoms with Crippen molar-refractivity contribution in [2.45, 2.75) is 32.4 Å². The molecule has 1 aliphatic rings. The van der Waals surface area contributed by atoms with E-state index in [9.17, 15) is 9.59 Å². The predicted molar refractivity (Wildman–Crippen MR) is 103 cm³/mol. The molecule has 0 saturated carbocycles. The molecule has 1 saturated heterocycles. The Morgan fingerprint density at radius 1 is 0.962 bits per heavy atom. The molecule has 2 aromatic rings. The van der Waals surface area contributed by atoms with Crippen LogP contribution in [0, 0.1) is 0 Å². The number of hydrogen-bond acceptors (Lipinski definition) is 3. The van der Waals surface area contributed by atoms with Crippen LogP contribution in [0.4, 0.5) is 0 Å². The zero-order valence-electron chi connectivity index (χ0n) is 14.9. The zero-order chi connectivity index (χ0) is 18.2. The molecule has 26 heavy (non-hydrogen) atoms. The number of thiophene rings is 1. The first kappa shape index (κ1) is 18.6. The normalized spacial score (nSPS) is 14.8. The van der Waals surface area contributed by atoms with Crippen molar-refractivity contribution < 1.29 is 14.5 Å². The molecule has 0 bridgehead atoms. The van der Waals surface area contributed by atoms with Gasteiger partial charge in [-0.25, -0.2) is 0 Å². The van der Waals surface area contributed by atoms with Crippen LogP contribution >= 0.6 is 11.3 Å². The molecule has 6 heteroatoms. The van der Waals surface area contributed by atoms with Crippen LogP contribution in [0.15, 0.2) is 41.8 Å². The summed E-state index contributed by atoms with van der Waals surface area (Å²) in [6.45, 7) is 3.97. The van der Waals surface area contributed by atoms with Gasteiger partial charge in [-0.3, -0.25) is 9.59 Å². The van der Waals surface area contributed by atoms with Gasteiger partial charge in [0, 0.05) is 12.1 Å². The fraction of sp³-hybridized carbons (Fsp3) is 0.400. The van der Waals surface area contributed by atoms with Crippen molar-refractivity contribution in [3.63, 3.8) is 0 Å². The maximum absolute atomic E-state index is 12.1. The monoisotopic (exact) mass is 372 g/mol. The molecule has 0 aliphatic carbocycles. The van der Waals surface area contributed by atoms with Crippen molar-refractivity contribution in [1.29, 1.82) is 0 Å². The highest BCUT2D eigenvalue weighted by Crippen LogP contribution is 2.09. The zero-order valence-corrected chi connectivity index (χ0v) is 15.7. The molecule has 138 valence electrons. The molecule has 1 aliphatic heterocycles. The van der Waals surface area contributed by atoms with E-state index in [2.05, 4.69) is 28.8 Å². The largest absolute Gasteiger partial charge is 0.350 e. The lowest BCUT2D eigenvalue weighted by Gasteiger charge is -2.24. The van der Waals surface area contributed by atoms with Crippen LogP contribution in [-0.4, -0.2) is 31.4 Å². The summed E-state index contributed by atoms with van der Waals surface area (Å²) >= 11 is 1.37. The Hall–Kier alpha value is -2.18. The molecule has 1 aromatic heterocycles. The van der Waals surface area contributed by atoms with Crippen molar-refractivity contribution >= 4 is 23.2 Å². The molecule has 0 radical (unpaired) electrons. The predicted octanol–water partition coefficient (Wildman–Crippen LogP) is 1.36. The smallest absolute Gasteiger partial charge is 0.261 e. The van der Waals surface area contributed by atoms with Gasteiger partial charge in [-0.05, 0) is 36.3 Å². The van der Waals surface area contributed by atoms with E-state index in [-0.39, 0.29) is 18.4 Å². The molecule has 1 aromatic carbocycles. The van der Waals surface area contributed by atoms with Gasteiger partial charge < -0.3 is 15.5 Å². The van der Waals surface area contributed by atoms with Crippen LogP contribution in [-0.2, 0) is 17.9 Å². The van der Waals surface area contributed by atoms with Crippen LogP contribution < -0.4 is 15.5 Å². The average molecular weight is 373 g/mol. The Morgan fingerprint density at radius 3 is 2.46 bits per heavy atom. The molecular formula is C20H26N3O2S+. The van der Waals surface area contributed by atoms with E-state index >= 15 is 0 Å². The van der Waals surface area contributed by atoms with E-state index in [4.69, 9.17) is 0 Å². The first-order valence-corrected chi connectivity index (χ1v) is 10.1.